The molecule has 0 radical (unpaired) electrons. The van der Waals surface area contributed by atoms with Gasteiger partial charge in [-0.05, 0) is 18.1 Å². The van der Waals surface area contributed by atoms with Gasteiger partial charge in [0.05, 0.1) is 12.4 Å². The van der Waals surface area contributed by atoms with Gasteiger partial charge in [0.2, 0.25) is 5.76 Å². The monoisotopic (exact) mass is 270 g/mol. The molecule has 0 bridgehead atoms. The van der Waals surface area contributed by atoms with Crippen molar-refractivity contribution in [1.82, 2.24) is 5.16 Å². The highest BCUT2D eigenvalue weighted by molar-refractivity contribution is 5.64. The van der Waals surface area contributed by atoms with Gasteiger partial charge in [0, 0.05) is 18.2 Å². The van der Waals surface area contributed by atoms with E-state index in [4.69, 9.17) is 9.26 Å². The number of rotatable bonds is 4. The van der Waals surface area contributed by atoms with Gasteiger partial charge in [-0.1, -0.05) is 37.2 Å². The topological polar surface area (TPSA) is 38.5 Å². The maximum Gasteiger partial charge on any atom is 0.203 e. The Kier molecular flexibility index (Phi) is 3.46. The number of hydrogen-bond acceptors (Lipinski definition) is 4. The molecule has 20 heavy (non-hydrogen) atoms. The predicted molar refractivity (Wildman–Crippen MR) is 77.7 cm³/mol. The lowest BCUT2D eigenvalue weighted by Gasteiger charge is -2.25. The molecule has 1 aliphatic heterocycles. The van der Waals surface area contributed by atoms with Crippen LogP contribution in [0.1, 0.15) is 26.0 Å². The highest BCUT2D eigenvalue weighted by Crippen LogP contribution is 2.33. The van der Waals surface area contributed by atoms with Gasteiger partial charge < -0.3 is 14.2 Å². The second-order valence-corrected chi connectivity index (χ2v) is 5.31. The standard InChI is InChI=1S/C16H18N2O2/c1-12(2)10-16-18(13-6-4-3-5-7-13)11-15(19-16)14-8-9-17-20-14/h3-9,11-12,16H,10H2,1-2H3. The van der Waals surface area contributed by atoms with Crippen LogP contribution >= 0.6 is 0 Å². The van der Waals surface area contributed by atoms with Gasteiger partial charge in [-0.3, -0.25) is 0 Å². The molecule has 0 fully saturated rings. The van der Waals surface area contributed by atoms with Crippen LogP contribution in [0.3, 0.4) is 0 Å². The van der Waals surface area contributed by atoms with E-state index in [-0.39, 0.29) is 6.23 Å². The molecule has 1 aliphatic rings. The molecule has 2 heterocycles. The minimum atomic E-state index is -0.00231. The summed E-state index contributed by atoms with van der Waals surface area (Å²) < 4.78 is 11.2. The fourth-order valence-corrected chi connectivity index (χ4v) is 2.31. The molecule has 0 spiro atoms. The molecule has 1 atom stereocenters. The van der Waals surface area contributed by atoms with Crippen LogP contribution in [0.25, 0.3) is 5.76 Å². The Morgan fingerprint density at radius 1 is 1.20 bits per heavy atom. The number of ether oxygens (including phenoxy) is 1. The summed E-state index contributed by atoms with van der Waals surface area (Å²) in [5, 5.41) is 3.74. The number of anilines is 1. The Hall–Kier alpha value is -2.23. The van der Waals surface area contributed by atoms with Gasteiger partial charge in [0.25, 0.3) is 0 Å². The average molecular weight is 270 g/mol. The second kappa shape index (κ2) is 5.41. The minimum Gasteiger partial charge on any atom is -0.465 e. The first-order valence-electron chi connectivity index (χ1n) is 6.87. The van der Waals surface area contributed by atoms with E-state index >= 15 is 0 Å². The molecule has 0 saturated heterocycles. The normalized spacial score (nSPS) is 18.2. The Morgan fingerprint density at radius 2 is 2.00 bits per heavy atom. The third kappa shape index (κ3) is 2.54. The number of para-hydroxylation sites is 1. The van der Waals surface area contributed by atoms with Gasteiger partial charge in [-0.25, -0.2) is 0 Å². The van der Waals surface area contributed by atoms with Crippen LogP contribution < -0.4 is 4.90 Å². The first kappa shape index (κ1) is 12.8. The van der Waals surface area contributed by atoms with Gasteiger partial charge in [-0.15, -0.1) is 0 Å². The molecular formula is C16H18N2O2. The molecule has 3 rings (SSSR count). The molecule has 2 aromatic rings. The average Bonchev–Trinajstić information content (AvgIpc) is 3.08. The third-order valence-electron chi connectivity index (χ3n) is 3.24. The quantitative estimate of drug-likeness (QED) is 0.845. The molecule has 4 heteroatoms. The number of hydrogen-bond donors (Lipinski definition) is 0. The van der Waals surface area contributed by atoms with Gasteiger partial charge in [-0.2, -0.15) is 0 Å². The molecule has 0 N–H and O–H groups in total. The largest absolute Gasteiger partial charge is 0.465 e. The number of benzene rings is 1. The lowest BCUT2D eigenvalue weighted by Crippen LogP contribution is -2.29. The van der Waals surface area contributed by atoms with Gasteiger partial charge in [0.1, 0.15) is 0 Å². The van der Waals surface area contributed by atoms with E-state index in [0.717, 1.165) is 17.9 Å². The molecule has 104 valence electrons. The van der Waals surface area contributed by atoms with Crippen LogP contribution in [-0.4, -0.2) is 11.4 Å². The lowest BCUT2D eigenvalue weighted by atomic mass is 10.1. The van der Waals surface area contributed by atoms with Crippen molar-refractivity contribution in [2.75, 3.05) is 4.90 Å². The van der Waals surface area contributed by atoms with Crippen LogP contribution in [0.2, 0.25) is 0 Å². The summed E-state index contributed by atoms with van der Waals surface area (Å²) >= 11 is 0. The van der Waals surface area contributed by atoms with E-state index in [2.05, 4.69) is 36.0 Å². The molecule has 1 unspecified atom stereocenters. The summed E-state index contributed by atoms with van der Waals surface area (Å²) in [6, 6.07) is 12.0. The second-order valence-electron chi connectivity index (χ2n) is 5.31. The minimum absolute atomic E-state index is 0.00231. The summed E-state index contributed by atoms with van der Waals surface area (Å²) in [6.45, 7) is 4.39. The Labute approximate surface area is 118 Å². The predicted octanol–water partition coefficient (Wildman–Crippen LogP) is 3.88. The van der Waals surface area contributed by atoms with Crippen molar-refractivity contribution in [1.29, 1.82) is 0 Å². The smallest absolute Gasteiger partial charge is 0.203 e. The molecule has 1 aromatic carbocycles. The van der Waals surface area contributed by atoms with Crippen LogP contribution in [0, 0.1) is 5.92 Å². The SMILES string of the molecule is CC(C)CC1OC(c2ccno2)=CN1c1ccccc1. The van der Waals surface area contributed by atoms with Crippen LogP contribution in [0.4, 0.5) is 5.69 Å². The van der Waals surface area contributed by atoms with Crippen molar-refractivity contribution in [3.63, 3.8) is 0 Å². The van der Waals surface area contributed by atoms with Crippen LogP contribution in [-0.2, 0) is 4.74 Å². The maximum atomic E-state index is 6.04. The summed E-state index contributed by atoms with van der Waals surface area (Å²) in [7, 11) is 0. The van der Waals surface area contributed by atoms with E-state index in [1.807, 2.05) is 30.5 Å². The zero-order chi connectivity index (χ0) is 13.9. The maximum absolute atomic E-state index is 6.04. The van der Waals surface area contributed by atoms with E-state index in [1.54, 1.807) is 6.20 Å². The Bertz CT molecular complexity index is 576. The van der Waals surface area contributed by atoms with E-state index in [1.165, 1.54) is 0 Å². The summed E-state index contributed by atoms with van der Waals surface area (Å²) in [6.07, 6.45) is 4.56. The molecule has 4 nitrogen and oxygen atoms in total. The zero-order valence-electron chi connectivity index (χ0n) is 11.7. The third-order valence-corrected chi connectivity index (χ3v) is 3.24. The summed E-state index contributed by atoms with van der Waals surface area (Å²) in [4.78, 5) is 2.15. The van der Waals surface area contributed by atoms with Crippen molar-refractivity contribution in [2.45, 2.75) is 26.5 Å². The number of aromatic nitrogens is 1. The first-order chi connectivity index (χ1) is 9.74. The highest BCUT2D eigenvalue weighted by Gasteiger charge is 2.29. The molecule has 1 aromatic heterocycles. The van der Waals surface area contributed by atoms with E-state index < -0.39 is 0 Å². The highest BCUT2D eigenvalue weighted by atomic mass is 16.5. The molecule has 0 amide bonds. The van der Waals surface area contributed by atoms with Crippen molar-refractivity contribution < 1.29 is 9.26 Å². The van der Waals surface area contributed by atoms with Crippen molar-refractivity contribution in [3.05, 3.63) is 54.6 Å². The van der Waals surface area contributed by atoms with Gasteiger partial charge >= 0.3 is 0 Å². The van der Waals surface area contributed by atoms with Crippen molar-refractivity contribution in [3.8, 4) is 0 Å². The van der Waals surface area contributed by atoms with E-state index in [0.29, 0.717) is 11.7 Å². The molecular weight excluding hydrogens is 252 g/mol. The van der Waals surface area contributed by atoms with Crippen molar-refractivity contribution in [2.24, 2.45) is 5.92 Å². The fraction of sp³-hybridized carbons (Fsp3) is 0.312. The van der Waals surface area contributed by atoms with E-state index in [9.17, 15) is 0 Å². The molecule has 0 aliphatic carbocycles. The lowest BCUT2D eigenvalue weighted by molar-refractivity contribution is 0.160. The Morgan fingerprint density at radius 3 is 2.65 bits per heavy atom. The fourth-order valence-electron chi connectivity index (χ4n) is 2.31. The van der Waals surface area contributed by atoms with Crippen LogP contribution in [0.5, 0.6) is 0 Å². The zero-order valence-corrected chi connectivity index (χ0v) is 11.7. The summed E-state index contributed by atoms with van der Waals surface area (Å²) in [5.41, 5.74) is 1.12. The van der Waals surface area contributed by atoms with Crippen LogP contribution in [0.15, 0.2) is 53.3 Å². The number of nitrogens with zero attached hydrogens (tertiary/aromatic N) is 2. The summed E-state index contributed by atoms with van der Waals surface area (Å²) in [5.74, 6) is 1.95. The van der Waals surface area contributed by atoms with Gasteiger partial charge in [0.15, 0.2) is 12.0 Å². The Balaban J connectivity index is 1.90. The molecule has 0 saturated carbocycles. The first-order valence-corrected chi connectivity index (χ1v) is 6.87. The van der Waals surface area contributed by atoms with Crippen molar-refractivity contribution >= 4 is 11.4 Å².